The maximum atomic E-state index is 11.8. The summed E-state index contributed by atoms with van der Waals surface area (Å²) in [4.78, 5) is 23.5. The van der Waals surface area contributed by atoms with Crippen LogP contribution in [0.25, 0.3) is 11.1 Å². The first-order valence-electron chi connectivity index (χ1n) is 7.74. The first-order chi connectivity index (χ1) is 12.6. The van der Waals surface area contributed by atoms with E-state index in [1.807, 2.05) is 42.5 Å². The van der Waals surface area contributed by atoms with Gasteiger partial charge in [0.15, 0.2) is 17.0 Å². The minimum absolute atomic E-state index is 0.0783. The van der Waals surface area contributed by atoms with Gasteiger partial charge >= 0.3 is 5.91 Å². The molecule has 0 aliphatic rings. The van der Waals surface area contributed by atoms with Gasteiger partial charge in [-0.1, -0.05) is 42.5 Å². The Labute approximate surface area is 158 Å². The van der Waals surface area contributed by atoms with Gasteiger partial charge in [0.2, 0.25) is 0 Å². The van der Waals surface area contributed by atoms with Crippen molar-refractivity contribution in [1.82, 2.24) is 10.9 Å². The lowest BCUT2D eigenvalue weighted by molar-refractivity contribution is -0.123. The van der Waals surface area contributed by atoms with Gasteiger partial charge in [-0.05, 0) is 51.3 Å². The first kappa shape index (κ1) is 17.8. The van der Waals surface area contributed by atoms with Crippen LogP contribution < -0.4 is 15.6 Å². The van der Waals surface area contributed by atoms with E-state index >= 15 is 0 Å². The number of carbonyl (C=O) groups is 2. The van der Waals surface area contributed by atoms with E-state index in [0.29, 0.717) is 10.4 Å². The minimum Gasteiger partial charge on any atom is -0.484 e. The van der Waals surface area contributed by atoms with Gasteiger partial charge in [-0.25, -0.2) is 0 Å². The third-order valence-corrected chi connectivity index (χ3v) is 3.87. The van der Waals surface area contributed by atoms with Crippen LogP contribution in [0.2, 0.25) is 0 Å². The summed E-state index contributed by atoms with van der Waals surface area (Å²) in [5.41, 5.74) is 6.66. The third kappa shape index (κ3) is 4.73. The molecule has 1 aromatic heterocycles. The summed E-state index contributed by atoms with van der Waals surface area (Å²) in [5, 5.41) is 0. The van der Waals surface area contributed by atoms with Crippen molar-refractivity contribution in [2.24, 2.45) is 0 Å². The van der Waals surface area contributed by atoms with Crippen molar-refractivity contribution >= 4 is 27.7 Å². The quantitative estimate of drug-likeness (QED) is 0.625. The summed E-state index contributed by atoms with van der Waals surface area (Å²) in [7, 11) is 0. The number of hydrogen-bond donors (Lipinski definition) is 2. The van der Waals surface area contributed by atoms with Crippen molar-refractivity contribution in [3.8, 4) is 16.9 Å². The molecule has 0 unspecified atom stereocenters. The number of ether oxygens (including phenoxy) is 1. The van der Waals surface area contributed by atoms with Crippen LogP contribution in [0.5, 0.6) is 5.75 Å². The van der Waals surface area contributed by atoms with Gasteiger partial charge in [0.25, 0.3) is 5.91 Å². The molecule has 26 heavy (non-hydrogen) atoms. The molecule has 2 amide bonds. The zero-order valence-electron chi connectivity index (χ0n) is 13.6. The molecule has 1 heterocycles. The van der Waals surface area contributed by atoms with E-state index in [1.54, 1.807) is 18.2 Å². The lowest BCUT2D eigenvalue weighted by Gasteiger charge is -2.08. The van der Waals surface area contributed by atoms with E-state index in [-0.39, 0.29) is 12.4 Å². The Bertz CT molecular complexity index is 891. The molecular weight excluding hydrogens is 400 g/mol. The van der Waals surface area contributed by atoms with Crippen molar-refractivity contribution in [1.29, 1.82) is 0 Å². The molecule has 132 valence electrons. The van der Waals surface area contributed by atoms with Crippen LogP contribution in [0.15, 0.2) is 75.8 Å². The van der Waals surface area contributed by atoms with E-state index in [4.69, 9.17) is 9.15 Å². The van der Waals surface area contributed by atoms with Crippen LogP contribution in [0.4, 0.5) is 0 Å². The number of amides is 2. The smallest absolute Gasteiger partial charge is 0.305 e. The molecule has 7 heteroatoms. The summed E-state index contributed by atoms with van der Waals surface area (Å²) in [5.74, 6) is -0.414. The number of carbonyl (C=O) groups excluding carboxylic acids is 2. The predicted octanol–water partition coefficient (Wildman–Crippen LogP) is 3.55. The van der Waals surface area contributed by atoms with Crippen LogP contribution in [-0.2, 0) is 4.79 Å². The molecule has 6 nitrogen and oxygen atoms in total. The minimum atomic E-state index is -0.559. The Hall–Kier alpha value is -3.06. The fourth-order valence-electron chi connectivity index (χ4n) is 2.18. The van der Waals surface area contributed by atoms with Crippen LogP contribution in [-0.4, -0.2) is 18.4 Å². The number of hydrazine groups is 1. The number of nitrogens with one attached hydrogen (secondary N) is 2. The van der Waals surface area contributed by atoms with E-state index in [1.165, 1.54) is 6.07 Å². The highest BCUT2D eigenvalue weighted by Crippen LogP contribution is 2.21. The zero-order chi connectivity index (χ0) is 18.4. The number of rotatable bonds is 5. The van der Waals surface area contributed by atoms with Gasteiger partial charge in [-0.15, -0.1) is 0 Å². The lowest BCUT2D eigenvalue weighted by atomic mass is 10.1. The van der Waals surface area contributed by atoms with Crippen molar-refractivity contribution in [2.75, 3.05) is 6.61 Å². The first-order valence-corrected chi connectivity index (χ1v) is 8.54. The highest BCUT2D eigenvalue weighted by atomic mass is 79.9. The van der Waals surface area contributed by atoms with E-state index in [0.717, 1.165) is 11.1 Å². The summed E-state index contributed by atoms with van der Waals surface area (Å²) in [6.07, 6.45) is 0. The Kier molecular flexibility index (Phi) is 5.70. The third-order valence-electron chi connectivity index (χ3n) is 3.44. The largest absolute Gasteiger partial charge is 0.484 e. The summed E-state index contributed by atoms with van der Waals surface area (Å²) in [6, 6.07) is 20.4. The Morgan fingerprint density at radius 2 is 1.58 bits per heavy atom. The van der Waals surface area contributed by atoms with Gasteiger partial charge in [0.05, 0.1) is 0 Å². The number of benzene rings is 2. The highest BCUT2D eigenvalue weighted by Gasteiger charge is 2.11. The second kappa shape index (κ2) is 8.35. The molecule has 0 radical (unpaired) electrons. The molecule has 2 N–H and O–H groups in total. The summed E-state index contributed by atoms with van der Waals surface area (Å²) < 4.78 is 10.9. The predicted molar refractivity (Wildman–Crippen MR) is 99.4 cm³/mol. The van der Waals surface area contributed by atoms with Gasteiger partial charge in [0.1, 0.15) is 5.75 Å². The van der Waals surface area contributed by atoms with Crippen LogP contribution in [0, 0.1) is 0 Å². The molecule has 0 atom stereocenters. The standard InChI is InChI=1S/C19H15BrN2O4/c20-17-11-10-16(26-17)19(24)22-21-18(23)12-25-15-8-6-14(7-9-15)13-4-2-1-3-5-13/h1-11H,12H2,(H,21,23)(H,22,24). The normalized spacial score (nSPS) is 10.2. The summed E-state index contributed by atoms with van der Waals surface area (Å²) >= 11 is 3.10. The van der Waals surface area contributed by atoms with Gasteiger partial charge < -0.3 is 9.15 Å². The van der Waals surface area contributed by atoms with Crippen molar-refractivity contribution in [2.45, 2.75) is 0 Å². The maximum absolute atomic E-state index is 11.8. The molecule has 2 aromatic carbocycles. The number of furan rings is 1. The Balaban J connectivity index is 1.46. The van der Waals surface area contributed by atoms with E-state index in [9.17, 15) is 9.59 Å². The maximum Gasteiger partial charge on any atom is 0.305 e. The van der Waals surface area contributed by atoms with E-state index < -0.39 is 11.8 Å². The molecule has 0 saturated heterocycles. The topological polar surface area (TPSA) is 80.6 Å². The van der Waals surface area contributed by atoms with Gasteiger partial charge in [-0.2, -0.15) is 0 Å². The van der Waals surface area contributed by atoms with Crippen LogP contribution in [0.3, 0.4) is 0 Å². The summed E-state index contributed by atoms with van der Waals surface area (Å²) in [6.45, 7) is -0.229. The molecule has 0 saturated carbocycles. The molecule has 0 bridgehead atoms. The molecular formula is C19H15BrN2O4. The molecule has 3 rings (SSSR count). The fourth-order valence-corrected chi connectivity index (χ4v) is 2.49. The Morgan fingerprint density at radius 1 is 0.885 bits per heavy atom. The monoisotopic (exact) mass is 414 g/mol. The van der Waals surface area contributed by atoms with Crippen LogP contribution >= 0.6 is 15.9 Å². The van der Waals surface area contributed by atoms with Crippen molar-refractivity contribution in [3.05, 3.63) is 77.2 Å². The van der Waals surface area contributed by atoms with Crippen molar-refractivity contribution < 1.29 is 18.7 Å². The number of halogens is 1. The molecule has 0 spiro atoms. The second-order valence-corrected chi connectivity index (χ2v) is 6.07. The molecule has 3 aromatic rings. The van der Waals surface area contributed by atoms with Gasteiger partial charge in [-0.3, -0.25) is 20.4 Å². The van der Waals surface area contributed by atoms with Crippen molar-refractivity contribution in [3.63, 3.8) is 0 Å². The highest BCUT2D eigenvalue weighted by molar-refractivity contribution is 9.10. The lowest BCUT2D eigenvalue weighted by Crippen LogP contribution is -2.43. The molecule has 0 aliphatic carbocycles. The molecule has 0 fully saturated rings. The SMILES string of the molecule is O=C(COc1ccc(-c2ccccc2)cc1)NNC(=O)c1ccc(Br)o1. The number of hydrogen-bond acceptors (Lipinski definition) is 4. The Morgan fingerprint density at radius 3 is 2.23 bits per heavy atom. The second-order valence-electron chi connectivity index (χ2n) is 5.29. The van der Waals surface area contributed by atoms with Gasteiger partial charge in [0, 0.05) is 0 Å². The molecule has 0 aliphatic heterocycles. The average Bonchev–Trinajstić information content (AvgIpc) is 3.12. The van der Waals surface area contributed by atoms with Crippen LogP contribution in [0.1, 0.15) is 10.6 Å². The average molecular weight is 415 g/mol. The fraction of sp³-hybridized carbons (Fsp3) is 0.0526. The van der Waals surface area contributed by atoms with E-state index in [2.05, 4.69) is 26.8 Å². The zero-order valence-corrected chi connectivity index (χ0v) is 15.2.